The van der Waals surface area contributed by atoms with Crippen LogP contribution in [0.4, 0.5) is 11.4 Å². The molecule has 1 amide bonds. The van der Waals surface area contributed by atoms with E-state index in [1.807, 2.05) is 24.5 Å². The molecule has 178 valence electrons. The molecule has 0 bridgehead atoms. The molecular weight excluding hydrogens is 475 g/mol. The third-order valence-electron chi connectivity index (χ3n) is 6.28. The first-order chi connectivity index (χ1) is 17.5. The second-order valence-corrected chi connectivity index (χ2v) is 12.3. The highest BCUT2D eigenvalue weighted by atomic mass is 35.5. The van der Waals surface area contributed by atoms with Crippen LogP contribution in [0.15, 0.2) is 30.5 Å². The van der Waals surface area contributed by atoms with Crippen molar-refractivity contribution in [1.29, 1.82) is 0 Å². The number of anilines is 2. The molecule has 0 saturated heterocycles. The van der Waals surface area contributed by atoms with Crippen LogP contribution in [0.3, 0.4) is 0 Å². The Hall–Kier alpha value is -2.90. The Morgan fingerprint density at radius 2 is 2.03 bits per heavy atom. The molecular formula is C23H26ClN6O3P. The number of benzene rings is 1. The van der Waals surface area contributed by atoms with E-state index in [2.05, 4.69) is 20.6 Å². The third kappa shape index (κ3) is 3.87. The summed E-state index contributed by atoms with van der Waals surface area (Å²) in [4.78, 5) is 12.6. The summed E-state index contributed by atoms with van der Waals surface area (Å²) in [6.45, 7) is -2.72. The van der Waals surface area contributed by atoms with E-state index < -0.39 is 20.0 Å². The monoisotopic (exact) mass is 503 g/mol. The molecule has 34 heavy (non-hydrogen) atoms. The molecule has 1 aromatic carbocycles. The van der Waals surface area contributed by atoms with Crippen molar-refractivity contribution in [3.8, 4) is 17.0 Å². The van der Waals surface area contributed by atoms with E-state index in [0.29, 0.717) is 22.7 Å². The first-order valence-electron chi connectivity index (χ1n) is 12.4. The van der Waals surface area contributed by atoms with Crippen molar-refractivity contribution in [3.63, 3.8) is 0 Å². The van der Waals surface area contributed by atoms with Crippen LogP contribution in [0, 0.1) is 0 Å². The van der Waals surface area contributed by atoms with Gasteiger partial charge in [0.25, 0.3) is 5.91 Å². The maximum absolute atomic E-state index is 14.1. The number of amides is 1. The number of rotatable bonds is 8. The van der Waals surface area contributed by atoms with Crippen LogP contribution in [0.5, 0.6) is 5.75 Å². The molecule has 9 nitrogen and oxygen atoms in total. The van der Waals surface area contributed by atoms with Crippen LogP contribution in [-0.4, -0.2) is 51.3 Å². The van der Waals surface area contributed by atoms with Crippen LogP contribution < -0.4 is 20.8 Å². The van der Waals surface area contributed by atoms with Gasteiger partial charge in [0.2, 0.25) is 0 Å². The fraction of sp³-hybridized carbons (Fsp3) is 0.391. The van der Waals surface area contributed by atoms with Crippen molar-refractivity contribution >= 4 is 41.5 Å². The van der Waals surface area contributed by atoms with Crippen molar-refractivity contribution in [2.24, 2.45) is 7.05 Å². The number of para-hydroxylation sites is 1. The standard InChI is InChI=1S/C23H26ClN6O3P/c1-25-23(31)21-20(16(24)12-26-28-21)27-17-6-4-5-15(22(17)33-3)18-11-19(30(2)29-18)34(32,13-7-8-13)14-9-10-14/h4-6,11-14H,7-10H2,1-3H3,(H,25,31)(H,26,27)/i1D3. The summed E-state index contributed by atoms with van der Waals surface area (Å²) in [7, 11) is 0.783. The molecule has 0 unspecified atom stereocenters. The normalized spacial score (nSPS) is 17.4. The molecule has 5 rings (SSSR count). The van der Waals surface area contributed by atoms with Gasteiger partial charge in [0, 0.05) is 35.0 Å². The van der Waals surface area contributed by atoms with Crippen LogP contribution in [0.1, 0.15) is 40.3 Å². The summed E-state index contributed by atoms with van der Waals surface area (Å²) in [5.41, 5.74) is 2.78. The van der Waals surface area contributed by atoms with Crippen molar-refractivity contribution in [2.45, 2.75) is 37.0 Å². The summed E-state index contributed by atoms with van der Waals surface area (Å²) in [5, 5.41) is 17.2. The Kier molecular flexibility index (Phi) is 4.97. The molecule has 0 spiro atoms. The minimum Gasteiger partial charge on any atom is -0.494 e. The zero-order valence-electron chi connectivity index (χ0n) is 21.7. The molecule has 2 aromatic heterocycles. The van der Waals surface area contributed by atoms with Crippen molar-refractivity contribution in [3.05, 3.63) is 41.2 Å². The van der Waals surface area contributed by atoms with Gasteiger partial charge in [-0.1, -0.05) is 17.7 Å². The van der Waals surface area contributed by atoms with E-state index in [0.717, 1.165) is 31.1 Å². The largest absolute Gasteiger partial charge is 0.494 e. The number of aromatic nitrogens is 4. The minimum atomic E-state index is -2.72. The van der Waals surface area contributed by atoms with E-state index in [9.17, 15) is 9.36 Å². The Balaban J connectivity index is 1.53. The highest BCUT2D eigenvalue weighted by Gasteiger charge is 2.53. The van der Waals surface area contributed by atoms with Gasteiger partial charge in [-0.25, -0.2) is 0 Å². The number of carbonyl (C=O) groups is 1. The van der Waals surface area contributed by atoms with E-state index in [1.165, 1.54) is 13.3 Å². The predicted molar refractivity (Wildman–Crippen MR) is 132 cm³/mol. The zero-order valence-corrected chi connectivity index (χ0v) is 20.4. The summed E-state index contributed by atoms with van der Waals surface area (Å²) < 4.78 is 43.5. The van der Waals surface area contributed by atoms with E-state index >= 15 is 0 Å². The second-order valence-electron chi connectivity index (χ2n) is 8.56. The van der Waals surface area contributed by atoms with E-state index in [4.69, 9.17) is 20.5 Å². The van der Waals surface area contributed by atoms with Crippen LogP contribution in [0.2, 0.25) is 5.02 Å². The lowest BCUT2D eigenvalue weighted by Crippen LogP contribution is -2.21. The van der Waals surface area contributed by atoms with Gasteiger partial charge < -0.3 is 19.9 Å². The predicted octanol–water partition coefficient (Wildman–Crippen LogP) is 3.96. The molecule has 2 heterocycles. The van der Waals surface area contributed by atoms with Crippen molar-refractivity contribution < 1.29 is 18.2 Å². The lowest BCUT2D eigenvalue weighted by Gasteiger charge is -2.17. The lowest BCUT2D eigenvalue weighted by molar-refractivity contribution is 0.0958. The Morgan fingerprint density at radius 1 is 1.29 bits per heavy atom. The Morgan fingerprint density at radius 3 is 2.68 bits per heavy atom. The summed E-state index contributed by atoms with van der Waals surface area (Å²) in [5.74, 6) is -0.548. The molecule has 3 aromatic rings. The molecule has 2 aliphatic rings. The fourth-order valence-corrected chi connectivity index (χ4v) is 8.58. The lowest BCUT2D eigenvalue weighted by atomic mass is 10.1. The van der Waals surface area contributed by atoms with Gasteiger partial charge in [-0.2, -0.15) is 10.2 Å². The first kappa shape index (κ1) is 19.4. The smallest absolute Gasteiger partial charge is 0.273 e. The number of methoxy groups -OCH3 is 1. The summed E-state index contributed by atoms with van der Waals surface area (Å²) in [6.07, 6.45) is 5.22. The number of ether oxygens (including phenoxy) is 1. The molecule has 0 atom stereocenters. The van der Waals surface area contributed by atoms with Crippen LogP contribution in [0.25, 0.3) is 11.3 Å². The second kappa shape index (κ2) is 8.71. The molecule has 0 aliphatic heterocycles. The number of hydrogen-bond donors (Lipinski definition) is 2. The molecule has 2 aliphatic carbocycles. The van der Waals surface area contributed by atoms with Gasteiger partial charge in [-0.05, 0) is 43.9 Å². The number of hydrogen-bond acceptors (Lipinski definition) is 7. The van der Waals surface area contributed by atoms with Crippen molar-refractivity contribution in [2.75, 3.05) is 19.4 Å². The van der Waals surface area contributed by atoms with Crippen LogP contribution >= 0.6 is 18.7 Å². The molecule has 2 N–H and O–H groups in total. The van der Waals surface area contributed by atoms with Gasteiger partial charge in [0.1, 0.15) is 7.14 Å². The summed E-state index contributed by atoms with van der Waals surface area (Å²) in [6, 6.07) is 7.23. The van der Waals surface area contributed by atoms with Crippen molar-refractivity contribution in [1.82, 2.24) is 25.3 Å². The average molecular weight is 504 g/mol. The molecule has 2 fully saturated rings. The SMILES string of the molecule is [2H]C([2H])([2H])NC(=O)c1nncc(Cl)c1Nc1cccc(-c2cc(P(=O)(C3CC3)C3CC3)n(C)n2)c1OC. The highest BCUT2D eigenvalue weighted by molar-refractivity contribution is 7.73. The highest BCUT2D eigenvalue weighted by Crippen LogP contribution is 2.69. The number of nitrogens with zero attached hydrogens (tertiary/aromatic N) is 4. The van der Waals surface area contributed by atoms with Gasteiger partial charge in [-0.3, -0.25) is 9.48 Å². The summed E-state index contributed by atoms with van der Waals surface area (Å²) >= 11 is 6.32. The zero-order chi connectivity index (χ0) is 26.5. The van der Waals surface area contributed by atoms with E-state index in [1.54, 1.807) is 16.8 Å². The topological polar surface area (TPSA) is 111 Å². The van der Waals surface area contributed by atoms with Gasteiger partial charge in [0.15, 0.2) is 11.4 Å². The quantitative estimate of drug-likeness (QED) is 0.448. The minimum absolute atomic E-state index is 0.0630. The van der Waals surface area contributed by atoms with Crippen LogP contribution in [-0.2, 0) is 11.6 Å². The maximum atomic E-state index is 14.1. The third-order valence-corrected chi connectivity index (χ3v) is 10.9. The number of halogens is 1. The van der Waals surface area contributed by atoms with E-state index in [-0.39, 0.29) is 27.7 Å². The van der Waals surface area contributed by atoms with Gasteiger partial charge in [0.05, 0.1) is 40.8 Å². The number of nitrogens with one attached hydrogen (secondary N) is 2. The van der Waals surface area contributed by atoms with Gasteiger partial charge in [-0.15, -0.1) is 5.10 Å². The number of aryl methyl sites for hydroxylation is 1. The van der Waals surface area contributed by atoms with Gasteiger partial charge >= 0.3 is 0 Å². The fourth-order valence-electron chi connectivity index (χ4n) is 4.40. The average Bonchev–Trinajstić information content (AvgIpc) is 3.75. The molecule has 0 radical (unpaired) electrons. The maximum Gasteiger partial charge on any atom is 0.273 e. The Labute approximate surface area is 206 Å². The first-order valence-corrected chi connectivity index (χ1v) is 13.2. The Bertz CT molecular complexity index is 1410. The molecule has 2 saturated carbocycles. The number of carbonyl (C=O) groups excluding carboxylic acids is 1. The molecule has 11 heteroatoms.